The van der Waals surface area contributed by atoms with Crippen LogP contribution in [0, 0.1) is 0 Å². The van der Waals surface area contributed by atoms with Gasteiger partial charge in [-0.3, -0.25) is 0 Å². The summed E-state index contributed by atoms with van der Waals surface area (Å²) in [5.41, 5.74) is 0. The number of halogens is 17. The highest BCUT2D eigenvalue weighted by atomic mass is 32.1. The molecule has 2 rings (SSSR count). The van der Waals surface area contributed by atoms with Gasteiger partial charge in [0.2, 0.25) is 0 Å². The van der Waals surface area contributed by atoms with E-state index in [1.165, 1.54) is 0 Å². The van der Waals surface area contributed by atoms with E-state index in [0.717, 1.165) is 22.1 Å². The van der Waals surface area contributed by atoms with Crippen molar-refractivity contribution in [2.45, 2.75) is 53.7 Å². The van der Waals surface area contributed by atoms with Crippen LogP contribution in [0.1, 0.15) is 11.0 Å². The quantitative estimate of drug-likeness (QED) is 0.310. The molecular formula is C15H5F17OS2. The summed E-state index contributed by atoms with van der Waals surface area (Å²) in [6.07, 6.45) is -12.0. The van der Waals surface area contributed by atoms with Crippen molar-refractivity contribution in [3.8, 4) is 0 Å². The zero-order chi connectivity index (χ0) is 27.8. The van der Waals surface area contributed by atoms with Crippen LogP contribution in [0.25, 0.3) is 10.1 Å². The minimum atomic E-state index is -8.70. The molecule has 35 heavy (non-hydrogen) atoms. The summed E-state index contributed by atoms with van der Waals surface area (Å²) in [5, 5.41) is 11.7. The Hall–Kier alpha value is -1.57. The van der Waals surface area contributed by atoms with E-state index in [4.69, 9.17) is 0 Å². The molecular weight excluding hydrogens is 583 g/mol. The van der Waals surface area contributed by atoms with Crippen molar-refractivity contribution >= 4 is 32.8 Å². The summed E-state index contributed by atoms with van der Waals surface area (Å²) in [5.74, 6) is -57.4. The van der Waals surface area contributed by atoms with Crippen LogP contribution in [0.3, 0.4) is 0 Å². The van der Waals surface area contributed by atoms with E-state index >= 15 is 0 Å². The van der Waals surface area contributed by atoms with Crippen LogP contribution in [0.5, 0.6) is 0 Å². The van der Waals surface area contributed by atoms with Crippen LogP contribution < -0.4 is 0 Å². The molecule has 0 amide bonds. The van der Waals surface area contributed by atoms with Gasteiger partial charge in [-0.15, -0.1) is 11.3 Å². The Bertz CT molecular complexity index is 1030. The maximum absolute atomic E-state index is 14.1. The fraction of sp³-hybridized carbons (Fsp3) is 0.600. The number of aliphatic hydroxyl groups is 1. The third-order valence-electron chi connectivity index (χ3n) is 4.54. The zero-order valence-electron chi connectivity index (χ0n) is 15.5. The molecule has 2 aromatic rings. The number of thiophene rings is 2. The van der Waals surface area contributed by atoms with E-state index in [9.17, 15) is 79.7 Å². The Morgan fingerprint density at radius 3 is 1.37 bits per heavy atom. The summed E-state index contributed by atoms with van der Waals surface area (Å²) < 4.78 is 226. The number of hydrogen-bond donors (Lipinski definition) is 1. The first-order chi connectivity index (χ1) is 15.2. The van der Waals surface area contributed by atoms with Crippen LogP contribution in [0.2, 0.25) is 0 Å². The molecule has 0 radical (unpaired) electrons. The topological polar surface area (TPSA) is 20.2 Å². The summed E-state index contributed by atoms with van der Waals surface area (Å²) >= 11 is 0.899. The molecule has 1 nitrogen and oxygen atoms in total. The fourth-order valence-electron chi connectivity index (χ4n) is 2.45. The molecule has 0 bridgehead atoms. The van der Waals surface area contributed by atoms with E-state index in [-0.39, 0.29) is 21.4 Å². The Kier molecular flexibility index (Phi) is 6.75. The predicted octanol–water partition coefficient (Wildman–Crippen LogP) is 8.01. The van der Waals surface area contributed by atoms with Crippen molar-refractivity contribution in [1.82, 2.24) is 0 Å². The maximum atomic E-state index is 14.1. The van der Waals surface area contributed by atoms with Crippen molar-refractivity contribution < 1.29 is 79.7 Å². The van der Waals surface area contributed by atoms with Crippen LogP contribution in [0.15, 0.2) is 16.8 Å². The average Bonchev–Trinajstić information content (AvgIpc) is 3.27. The lowest BCUT2D eigenvalue weighted by Gasteiger charge is -2.43. The molecule has 0 fully saturated rings. The average molecular weight is 588 g/mol. The first kappa shape index (κ1) is 29.7. The van der Waals surface area contributed by atoms with Crippen LogP contribution >= 0.6 is 22.7 Å². The third-order valence-corrected chi connectivity index (χ3v) is 6.60. The van der Waals surface area contributed by atoms with Crippen molar-refractivity contribution in [1.29, 1.82) is 0 Å². The second-order valence-electron chi connectivity index (χ2n) is 6.81. The van der Waals surface area contributed by atoms with Crippen molar-refractivity contribution in [2.24, 2.45) is 0 Å². The highest BCUT2D eigenvalue weighted by Crippen LogP contribution is 2.65. The molecule has 0 aromatic carbocycles. The summed E-state index contributed by atoms with van der Waals surface area (Å²) in [7, 11) is 0. The van der Waals surface area contributed by atoms with Gasteiger partial charge in [0.1, 0.15) is 0 Å². The van der Waals surface area contributed by atoms with Crippen molar-refractivity contribution in [3.63, 3.8) is 0 Å². The number of alkyl halides is 17. The molecule has 2 aromatic heterocycles. The molecule has 0 aliphatic rings. The normalized spacial score (nSPS) is 16.7. The molecule has 2 heterocycles. The van der Waals surface area contributed by atoms with Gasteiger partial charge in [-0.2, -0.15) is 86.0 Å². The monoisotopic (exact) mass is 588 g/mol. The molecule has 0 saturated carbocycles. The molecule has 202 valence electrons. The van der Waals surface area contributed by atoms with Crippen LogP contribution in [-0.2, 0) is 0 Å². The number of rotatable bonds is 8. The van der Waals surface area contributed by atoms with E-state index in [0.29, 0.717) is 6.07 Å². The molecule has 0 saturated heterocycles. The Morgan fingerprint density at radius 1 is 0.571 bits per heavy atom. The maximum Gasteiger partial charge on any atom is 0.460 e. The van der Waals surface area contributed by atoms with Gasteiger partial charge in [0.05, 0.1) is 0 Å². The van der Waals surface area contributed by atoms with Gasteiger partial charge in [0, 0.05) is 20.3 Å². The SMILES string of the molecule is OC(c1cc2cscc2s1)C(F)(F)C(F)(F)C(F)(F)C(F)(F)C(F)(F)C(F)(F)C(F)(F)C(F)(F)F. The molecule has 0 aliphatic carbocycles. The Labute approximate surface area is 188 Å². The van der Waals surface area contributed by atoms with Gasteiger partial charge in [0.25, 0.3) is 0 Å². The molecule has 0 spiro atoms. The van der Waals surface area contributed by atoms with Gasteiger partial charge in [-0.05, 0) is 11.4 Å². The van der Waals surface area contributed by atoms with Gasteiger partial charge < -0.3 is 5.11 Å². The van der Waals surface area contributed by atoms with Crippen LogP contribution in [-0.4, -0.2) is 52.7 Å². The summed E-state index contributed by atoms with van der Waals surface area (Å²) in [4.78, 5) is -1.33. The minimum Gasteiger partial charge on any atom is -0.381 e. The highest BCUT2D eigenvalue weighted by Gasteiger charge is 2.95. The standard InChI is InChI=1S/C15H5F17OS2/c16-8(17,7(33)5-1-4-2-34-3-6(4)35-5)9(18,19)10(20,21)11(22,23)12(24,25)13(26,27)14(28,29)15(30,31)32/h1-3,7,33H. The van der Waals surface area contributed by atoms with Crippen molar-refractivity contribution in [3.05, 3.63) is 21.7 Å². The van der Waals surface area contributed by atoms with E-state index in [2.05, 4.69) is 0 Å². The number of hydrogen-bond acceptors (Lipinski definition) is 3. The summed E-state index contributed by atoms with van der Waals surface area (Å²) in [6.45, 7) is 0. The minimum absolute atomic E-state index is 0.0114. The highest BCUT2D eigenvalue weighted by molar-refractivity contribution is 7.22. The molecule has 20 heteroatoms. The van der Waals surface area contributed by atoms with Crippen molar-refractivity contribution in [2.75, 3.05) is 0 Å². The molecule has 1 unspecified atom stereocenters. The zero-order valence-corrected chi connectivity index (χ0v) is 17.1. The lowest BCUT2D eigenvalue weighted by molar-refractivity contribution is -0.464. The van der Waals surface area contributed by atoms with E-state index in [1.54, 1.807) is 0 Å². The molecule has 1 N–H and O–H groups in total. The molecule has 0 aliphatic heterocycles. The van der Waals surface area contributed by atoms with Gasteiger partial charge in [0.15, 0.2) is 6.10 Å². The predicted molar refractivity (Wildman–Crippen MR) is 85.3 cm³/mol. The lowest BCUT2D eigenvalue weighted by Crippen LogP contribution is -2.74. The number of fused-ring (bicyclic) bond motifs is 1. The van der Waals surface area contributed by atoms with Gasteiger partial charge in [-0.25, -0.2) is 0 Å². The van der Waals surface area contributed by atoms with Gasteiger partial charge >= 0.3 is 47.6 Å². The summed E-state index contributed by atoms with van der Waals surface area (Å²) in [6, 6.07) is 0.466. The third kappa shape index (κ3) is 3.75. The lowest BCUT2D eigenvalue weighted by atomic mass is 9.87. The van der Waals surface area contributed by atoms with E-state index < -0.39 is 58.6 Å². The second-order valence-corrected chi connectivity index (χ2v) is 8.67. The van der Waals surface area contributed by atoms with Gasteiger partial charge in [-0.1, -0.05) is 0 Å². The largest absolute Gasteiger partial charge is 0.460 e. The fourth-order valence-corrected chi connectivity index (χ4v) is 4.49. The first-order valence-electron chi connectivity index (χ1n) is 8.08. The second kappa shape index (κ2) is 7.96. The van der Waals surface area contributed by atoms with E-state index in [1.807, 2.05) is 0 Å². The van der Waals surface area contributed by atoms with Crippen LogP contribution in [0.4, 0.5) is 74.6 Å². The Morgan fingerprint density at radius 2 is 0.971 bits per heavy atom. The number of aliphatic hydroxyl groups excluding tert-OH is 1. The molecule has 1 atom stereocenters. The first-order valence-corrected chi connectivity index (χ1v) is 9.84. The Balaban J connectivity index is 2.60. The smallest absolute Gasteiger partial charge is 0.381 e.